The number of hydrogen-bond donors (Lipinski definition) is 1. The van der Waals surface area contributed by atoms with E-state index in [1.165, 1.54) is 18.2 Å². The van der Waals surface area contributed by atoms with E-state index in [0.717, 1.165) is 17.2 Å². The second kappa shape index (κ2) is 10.7. The standard InChI is InChI=1S/C26H23ClF3N3O4S/c1-3-24-31-22-14-20(26(28,29)30)21(27)15-23(22)33(24)18-8-6-17(7-9-18)12-13-37-25(34)32-38(35,36)19-10-4-16(2)5-11-19/h4-11,14-15H,3,12-13H2,1-2H3,(H,32,34). The summed E-state index contributed by atoms with van der Waals surface area (Å²) in [5.74, 6) is 0.568. The topological polar surface area (TPSA) is 90.3 Å². The van der Waals surface area contributed by atoms with Crippen LogP contribution in [0, 0.1) is 6.92 Å². The smallest absolute Gasteiger partial charge is 0.421 e. The molecule has 0 fully saturated rings. The number of fused-ring (bicyclic) bond motifs is 1. The lowest BCUT2D eigenvalue weighted by atomic mass is 10.1. The van der Waals surface area contributed by atoms with Crippen LogP contribution in [-0.4, -0.2) is 30.7 Å². The number of carbonyl (C=O) groups is 1. The van der Waals surface area contributed by atoms with Crippen molar-refractivity contribution in [3.8, 4) is 5.69 Å². The number of aryl methyl sites for hydroxylation is 2. The average Bonchev–Trinajstić information content (AvgIpc) is 3.20. The van der Waals surface area contributed by atoms with Crippen molar-refractivity contribution < 1.29 is 31.1 Å². The van der Waals surface area contributed by atoms with Crippen molar-refractivity contribution in [2.24, 2.45) is 0 Å². The fraction of sp³-hybridized carbons (Fsp3) is 0.231. The second-order valence-electron chi connectivity index (χ2n) is 8.51. The Bertz CT molecular complexity index is 1580. The van der Waals surface area contributed by atoms with Crippen molar-refractivity contribution in [2.45, 2.75) is 37.8 Å². The van der Waals surface area contributed by atoms with Gasteiger partial charge in [0.1, 0.15) is 5.82 Å². The van der Waals surface area contributed by atoms with Crippen LogP contribution in [0.5, 0.6) is 0 Å². The number of carbonyl (C=O) groups excluding carboxylic acids is 1. The zero-order valence-electron chi connectivity index (χ0n) is 20.3. The summed E-state index contributed by atoms with van der Waals surface area (Å²) in [5.41, 5.74) is 2.04. The van der Waals surface area contributed by atoms with Crippen LogP contribution in [0.1, 0.15) is 29.4 Å². The number of alkyl halides is 3. The number of ether oxygens (including phenoxy) is 1. The summed E-state index contributed by atoms with van der Waals surface area (Å²) in [5, 5.41) is -0.412. The molecule has 38 heavy (non-hydrogen) atoms. The first-order chi connectivity index (χ1) is 17.9. The summed E-state index contributed by atoms with van der Waals surface area (Å²) in [4.78, 5) is 16.3. The van der Waals surface area contributed by atoms with Crippen molar-refractivity contribution in [1.82, 2.24) is 14.3 Å². The molecule has 0 radical (unpaired) electrons. The van der Waals surface area contributed by atoms with E-state index in [-0.39, 0.29) is 17.0 Å². The summed E-state index contributed by atoms with van der Waals surface area (Å²) in [6.07, 6.45) is -4.89. The number of nitrogens with zero attached hydrogens (tertiary/aromatic N) is 2. The quantitative estimate of drug-likeness (QED) is 0.287. The first kappa shape index (κ1) is 27.5. The molecule has 3 aromatic carbocycles. The Morgan fingerprint density at radius 1 is 1.08 bits per heavy atom. The average molecular weight is 566 g/mol. The number of nitrogens with one attached hydrogen (secondary N) is 1. The number of sulfonamides is 1. The third-order valence-electron chi connectivity index (χ3n) is 5.80. The van der Waals surface area contributed by atoms with Crippen LogP contribution in [0.25, 0.3) is 16.7 Å². The van der Waals surface area contributed by atoms with Crippen molar-refractivity contribution in [3.63, 3.8) is 0 Å². The lowest BCUT2D eigenvalue weighted by Gasteiger charge is -2.12. The molecule has 0 bridgehead atoms. The third-order valence-corrected chi connectivity index (χ3v) is 7.44. The minimum absolute atomic E-state index is 0.0509. The summed E-state index contributed by atoms with van der Waals surface area (Å²) in [6.45, 7) is 3.59. The van der Waals surface area contributed by atoms with Crippen LogP contribution in [-0.2, 0) is 33.8 Å². The summed E-state index contributed by atoms with van der Waals surface area (Å²) in [7, 11) is -4.05. The Labute approximate surface area is 222 Å². The second-order valence-corrected chi connectivity index (χ2v) is 10.6. The summed E-state index contributed by atoms with van der Waals surface area (Å²) < 4.78 is 73.0. The van der Waals surface area contributed by atoms with E-state index in [1.54, 1.807) is 41.0 Å². The molecule has 0 saturated carbocycles. The predicted molar refractivity (Wildman–Crippen MR) is 137 cm³/mol. The van der Waals surface area contributed by atoms with E-state index in [2.05, 4.69) is 4.98 Å². The first-order valence-electron chi connectivity index (χ1n) is 11.5. The monoisotopic (exact) mass is 565 g/mol. The highest BCUT2D eigenvalue weighted by Gasteiger charge is 2.34. The number of halogens is 4. The molecule has 7 nitrogen and oxygen atoms in total. The normalized spacial score (nSPS) is 12.1. The summed E-state index contributed by atoms with van der Waals surface area (Å²) in [6, 6.07) is 15.3. The highest BCUT2D eigenvalue weighted by Crippen LogP contribution is 2.37. The molecule has 0 aliphatic carbocycles. The van der Waals surface area contributed by atoms with Gasteiger partial charge in [0, 0.05) is 18.5 Å². The number of rotatable bonds is 7. The number of benzene rings is 3. The first-order valence-corrected chi connectivity index (χ1v) is 13.4. The molecule has 1 N–H and O–H groups in total. The number of imidazole rings is 1. The van der Waals surface area contributed by atoms with Gasteiger partial charge < -0.3 is 4.74 Å². The van der Waals surface area contributed by atoms with Gasteiger partial charge in [0.15, 0.2) is 0 Å². The lowest BCUT2D eigenvalue weighted by Crippen LogP contribution is -2.31. The Morgan fingerprint density at radius 2 is 1.74 bits per heavy atom. The molecule has 200 valence electrons. The minimum Gasteiger partial charge on any atom is -0.448 e. The minimum atomic E-state index is -4.59. The molecule has 0 atom stereocenters. The number of hydrogen-bond acceptors (Lipinski definition) is 5. The van der Waals surface area contributed by atoms with Gasteiger partial charge in [-0.05, 0) is 48.9 Å². The zero-order chi connectivity index (χ0) is 27.7. The van der Waals surface area contributed by atoms with Gasteiger partial charge in [0.05, 0.1) is 33.1 Å². The van der Waals surface area contributed by atoms with Crippen LogP contribution in [0.4, 0.5) is 18.0 Å². The van der Waals surface area contributed by atoms with Gasteiger partial charge in [-0.2, -0.15) is 13.2 Å². The van der Waals surface area contributed by atoms with Crippen LogP contribution in [0.2, 0.25) is 5.02 Å². The molecule has 0 aliphatic heterocycles. The van der Waals surface area contributed by atoms with Crippen molar-refractivity contribution in [3.05, 3.63) is 88.2 Å². The Kier molecular flexibility index (Phi) is 7.70. The van der Waals surface area contributed by atoms with Gasteiger partial charge in [-0.15, -0.1) is 0 Å². The van der Waals surface area contributed by atoms with Crippen LogP contribution >= 0.6 is 11.6 Å². The molecule has 0 saturated heterocycles. The van der Waals surface area contributed by atoms with Crippen molar-refractivity contribution >= 4 is 38.8 Å². The zero-order valence-corrected chi connectivity index (χ0v) is 21.9. The van der Waals surface area contributed by atoms with E-state index in [0.29, 0.717) is 29.9 Å². The van der Waals surface area contributed by atoms with Crippen LogP contribution < -0.4 is 4.72 Å². The molecule has 1 amide bonds. The van der Waals surface area contributed by atoms with E-state index >= 15 is 0 Å². The molecular formula is C26H23ClF3N3O4S. The van der Waals surface area contributed by atoms with E-state index in [1.807, 2.05) is 18.6 Å². The predicted octanol–water partition coefficient (Wildman–Crippen LogP) is 6.23. The third kappa shape index (κ3) is 5.94. The van der Waals surface area contributed by atoms with Gasteiger partial charge in [0.25, 0.3) is 10.0 Å². The molecule has 4 aromatic rings. The number of amides is 1. The molecule has 12 heteroatoms. The Balaban J connectivity index is 1.44. The molecule has 1 aromatic heterocycles. The lowest BCUT2D eigenvalue weighted by molar-refractivity contribution is -0.137. The molecular weight excluding hydrogens is 543 g/mol. The summed E-state index contributed by atoms with van der Waals surface area (Å²) >= 11 is 5.94. The van der Waals surface area contributed by atoms with Gasteiger partial charge >= 0.3 is 12.3 Å². The largest absolute Gasteiger partial charge is 0.448 e. The molecule has 4 rings (SSSR count). The van der Waals surface area contributed by atoms with Crippen molar-refractivity contribution in [2.75, 3.05) is 6.61 Å². The fourth-order valence-corrected chi connectivity index (χ4v) is 5.03. The maximum absolute atomic E-state index is 13.3. The van der Waals surface area contributed by atoms with E-state index in [9.17, 15) is 26.4 Å². The highest BCUT2D eigenvalue weighted by atomic mass is 35.5. The molecule has 0 unspecified atom stereocenters. The van der Waals surface area contributed by atoms with Gasteiger partial charge in [-0.3, -0.25) is 4.57 Å². The Hall–Kier alpha value is -3.57. The highest BCUT2D eigenvalue weighted by molar-refractivity contribution is 7.90. The van der Waals surface area contributed by atoms with Gasteiger partial charge in [0.2, 0.25) is 0 Å². The van der Waals surface area contributed by atoms with E-state index < -0.39 is 32.9 Å². The Morgan fingerprint density at radius 3 is 2.34 bits per heavy atom. The fourth-order valence-electron chi connectivity index (χ4n) is 3.88. The van der Waals surface area contributed by atoms with Gasteiger partial charge in [-0.1, -0.05) is 48.4 Å². The van der Waals surface area contributed by atoms with Crippen molar-refractivity contribution in [1.29, 1.82) is 0 Å². The maximum atomic E-state index is 13.3. The molecule has 1 heterocycles. The number of aromatic nitrogens is 2. The maximum Gasteiger partial charge on any atom is 0.421 e. The van der Waals surface area contributed by atoms with Gasteiger partial charge in [-0.25, -0.2) is 22.9 Å². The SMILES string of the molecule is CCc1nc2cc(C(F)(F)F)c(Cl)cc2n1-c1ccc(CCOC(=O)NS(=O)(=O)c2ccc(C)cc2)cc1. The van der Waals surface area contributed by atoms with E-state index in [4.69, 9.17) is 16.3 Å². The van der Waals surface area contributed by atoms with Crippen LogP contribution in [0.3, 0.4) is 0 Å². The van der Waals surface area contributed by atoms with Crippen LogP contribution in [0.15, 0.2) is 65.6 Å². The molecule has 0 aliphatic rings. The molecule has 0 spiro atoms.